The molecule has 1 heteroatoms. The van der Waals surface area contributed by atoms with Gasteiger partial charge in [0.15, 0.2) is 0 Å². The summed E-state index contributed by atoms with van der Waals surface area (Å²) in [7, 11) is 0. The van der Waals surface area contributed by atoms with Gasteiger partial charge in [-0.25, -0.2) is 0 Å². The molecule has 0 bridgehead atoms. The third-order valence-corrected chi connectivity index (χ3v) is 4.48. The molecule has 16 heavy (non-hydrogen) atoms. The molecule has 0 saturated heterocycles. The molecule has 0 fully saturated rings. The highest BCUT2D eigenvalue weighted by Gasteiger charge is 2.45. The minimum Gasteiger partial charge on any atom is -0.399 e. The normalized spacial score (nSPS) is 29.9. The second-order valence-corrected chi connectivity index (χ2v) is 5.71. The molecule has 84 valence electrons. The van der Waals surface area contributed by atoms with E-state index >= 15 is 0 Å². The molecule has 0 aromatic heterocycles. The monoisotopic (exact) mass is 213 g/mol. The zero-order valence-corrected chi connectivity index (χ0v) is 10.0. The topological polar surface area (TPSA) is 26.0 Å². The Morgan fingerprint density at radius 2 is 2.12 bits per heavy atom. The Hall–Kier alpha value is -1.24. The van der Waals surface area contributed by atoms with Crippen molar-refractivity contribution in [1.29, 1.82) is 0 Å². The lowest BCUT2D eigenvalue weighted by molar-refractivity contribution is 0.301. The fraction of sp³-hybridized carbons (Fsp3) is 0.467. The van der Waals surface area contributed by atoms with Gasteiger partial charge in [0.2, 0.25) is 0 Å². The van der Waals surface area contributed by atoms with Gasteiger partial charge >= 0.3 is 0 Å². The Kier molecular flexibility index (Phi) is 1.95. The predicted octanol–water partition coefficient (Wildman–Crippen LogP) is 3.61. The number of hydrogen-bond acceptors (Lipinski definition) is 1. The first kappa shape index (κ1) is 9.95. The molecular weight excluding hydrogens is 194 g/mol. The number of nitrogens with two attached hydrogens (primary N) is 1. The Morgan fingerprint density at radius 3 is 2.94 bits per heavy atom. The summed E-state index contributed by atoms with van der Waals surface area (Å²) in [6.07, 6.45) is 7.28. The van der Waals surface area contributed by atoms with Crippen LogP contribution in [0.2, 0.25) is 0 Å². The van der Waals surface area contributed by atoms with Gasteiger partial charge in [0, 0.05) is 11.6 Å². The molecule has 2 atom stereocenters. The van der Waals surface area contributed by atoms with Crippen molar-refractivity contribution in [3.8, 4) is 0 Å². The summed E-state index contributed by atoms with van der Waals surface area (Å²) >= 11 is 0. The maximum absolute atomic E-state index is 5.92. The van der Waals surface area contributed by atoms with E-state index in [9.17, 15) is 0 Å². The first-order chi connectivity index (χ1) is 7.60. The second-order valence-electron chi connectivity index (χ2n) is 5.71. The van der Waals surface area contributed by atoms with Crippen LogP contribution in [0.5, 0.6) is 0 Å². The summed E-state index contributed by atoms with van der Waals surface area (Å²) < 4.78 is 0. The number of hydrogen-bond donors (Lipinski definition) is 1. The Labute approximate surface area is 97.4 Å². The summed E-state index contributed by atoms with van der Waals surface area (Å²) in [5.74, 6) is 1.38. The van der Waals surface area contributed by atoms with E-state index in [0.717, 1.165) is 11.6 Å². The second kappa shape index (κ2) is 3.13. The zero-order valence-electron chi connectivity index (χ0n) is 10.0. The smallest absolute Gasteiger partial charge is 0.0317 e. The highest BCUT2D eigenvalue weighted by atomic mass is 14.6. The Morgan fingerprint density at radius 1 is 1.31 bits per heavy atom. The third-order valence-electron chi connectivity index (χ3n) is 4.48. The zero-order chi connectivity index (χ0) is 11.3. The molecule has 1 aromatic carbocycles. The molecule has 0 spiro atoms. The third kappa shape index (κ3) is 1.17. The van der Waals surface area contributed by atoms with Crippen LogP contribution in [0.1, 0.15) is 43.7 Å². The molecule has 2 N–H and O–H groups in total. The van der Waals surface area contributed by atoms with Crippen molar-refractivity contribution in [3.05, 3.63) is 41.5 Å². The van der Waals surface area contributed by atoms with Crippen LogP contribution < -0.4 is 5.73 Å². The summed E-state index contributed by atoms with van der Waals surface area (Å²) in [5.41, 5.74) is 10.1. The molecule has 0 radical (unpaired) electrons. The van der Waals surface area contributed by atoms with E-state index in [-0.39, 0.29) is 5.41 Å². The molecule has 3 rings (SSSR count). The molecule has 1 nitrogen and oxygen atoms in total. The highest BCUT2D eigenvalue weighted by Crippen LogP contribution is 2.54. The fourth-order valence-corrected chi connectivity index (χ4v) is 3.58. The van der Waals surface area contributed by atoms with E-state index in [1.165, 1.54) is 24.0 Å². The summed E-state index contributed by atoms with van der Waals surface area (Å²) in [5, 5.41) is 0. The first-order valence-electron chi connectivity index (χ1n) is 6.17. The molecule has 0 aliphatic heterocycles. The molecule has 2 aliphatic carbocycles. The summed E-state index contributed by atoms with van der Waals surface area (Å²) in [4.78, 5) is 0. The molecular formula is C15H19N. The molecule has 0 amide bonds. The van der Waals surface area contributed by atoms with Gasteiger partial charge in [-0.2, -0.15) is 0 Å². The van der Waals surface area contributed by atoms with E-state index in [4.69, 9.17) is 5.73 Å². The lowest BCUT2D eigenvalue weighted by Gasteiger charge is -2.32. The fourth-order valence-electron chi connectivity index (χ4n) is 3.58. The van der Waals surface area contributed by atoms with Crippen LogP contribution in [-0.4, -0.2) is 0 Å². The SMILES string of the molecule is CC1(C)c2cc(N)ccc2[C@H]2C=CCCC21. The van der Waals surface area contributed by atoms with E-state index in [2.05, 4.69) is 38.1 Å². The van der Waals surface area contributed by atoms with Crippen LogP contribution in [0, 0.1) is 5.92 Å². The maximum atomic E-state index is 5.92. The molecule has 0 saturated carbocycles. The minimum absolute atomic E-state index is 0.278. The average molecular weight is 213 g/mol. The van der Waals surface area contributed by atoms with Crippen molar-refractivity contribution in [1.82, 2.24) is 0 Å². The highest BCUT2D eigenvalue weighted by molar-refractivity contribution is 5.54. The standard InChI is InChI=1S/C15H19N/c1-15(2)13-6-4-3-5-11(13)12-8-7-10(16)9-14(12)15/h3,5,7-9,11,13H,4,6,16H2,1-2H3/t11-,13?/m1/s1. The van der Waals surface area contributed by atoms with E-state index < -0.39 is 0 Å². The number of fused-ring (bicyclic) bond motifs is 3. The molecule has 1 aromatic rings. The van der Waals surface area contributed by atoms with Gasteiger partial charge in [0.05, 0.1) is 0 Å². The van der Waals surface area contributed by atoms with Crippen molar-refractivity contribution in [2.75, 3.05) is 5.73 Å². The largest absolute Gasteiger partial charge is 0.399 e. The van der Waals surface area contributed by atoms with Gasteiger partial charge in [-0.3, -0.25) is 0 Å². The van der Waals surface area contributed by atoms with Crippen LogP contribution in [0.25, 0.3) is 0 Å². The predicted molar refractivity (Wildman–Crippen MR) is 68.5 cm³/mol. The van der Waals surface area contributed by atoms with Gasteiger partial charge < -0.3 is 5.73 Å². The lowest BCUT2D eigenvalue weighted by Crippen LogP contribution is -2.26. The van der Waals surface area contributed by atoms with Crippen LogP contribution in [0.4, 0.5) is 5.69 Å². The van der Waals surface area contributed by atoms with Crippen LogP contribution in [0.15, 0.2) is 30.4 Å². The van der Waals surface area contributed by atoms with Crippen molar-refractivity contribution in [2.45, 2.75) is 38.0 Å². The summed E-state index contributed by atoms with van der Waals surface area (Å²) in [6.45, 7) is 4.74. The number of rotatable bonds is 0. The van der Waals surface area contributed by atoms with E-state index in [0.29, 0.717) is 5.92 Å². The van der Waals surface area contributed by atoms with Gasteiger partial charge in [0.25, 0.3) is 0 Å². The average Bonchev–Trinajstić information content (AvgIpc) is 2.49. The van der Waals surface area contributed by atoms with Crippen molar-refractivity contribution >= 4 is 5.69 Å². The van der Waals surface area contributed by atoms with Gasteiger partial charge in [-0.05, 0) is 47.4 Å². The maximum Gasteiger partial charge on any atom is 0.0317 e. The lowest BCUT2D eigenvalue weighted by atomic mass is 9.72. The van der Waals surface area contributed by atoms with Crippen LogP contribution in [0.3, 0.4) is 0 Å². The minimum atomic E-state index is 0.278. The van der Waals surface area contributed by atoms with Crippen molar-refractivity contribution in [2.24, 2.45) is 5.92 Å². The van der Waals surface area contributed by atoms with Crippen LogP contribution in [-0.2, 0) is 5.41 Å². The Bertz CT molecular complexity index is 457. The van der Waals surface area contributed by atoms with Gasteiger partial charge in [-0.15, -0.1) is 0 Å². The number of allylic oxidation sites excluding steroid dienone is 2. The van der Waals surface area contributed by atoms with Crippen molar-refractivity contribution < 1.29 is 0 Å². The Balaban J connectivity index is 2.20. The molecule has 0 heterocycles. The van der Waals surface area contributed by atoms with E-state index in [1.54, 1.807) is 0 Å². The first-order valence-corrected chi connectivity index (χ1v) is 6.17. The van der Waals surface area contributed by atoms with Gasteiger partial charge in [-0.1, -0.05) is 32.1 Å². The van der Waals surface area contributed by atoms with Crippen molar-refractivity contribution in [3.63, 3.8) is 0 Å². The number of nitrogen functional groups attached to an aromatic ring is 1. The number of anilines is 1. The summed E-state index contributed by atoms with van der Waals surface area (Å²) in [6, 6.07) is 6.45. The number of benzene rings is 1. The van der Waals surface area contributed by atoms with E-state index in [1.807, 2.05) is 6.07 Å². The molecule has 2 aliphatic rings. The van der Waals surface area contributed by atoms with Gasteiger partial charge in [0.1, 0.15) is 0 Å². The van der Waals surface area contributed by atoms with Crippen LogP contribution >= 0.6 is 0 Å². The molecule has 1 unspecified atom stereocenters. The quantitative estimate of drug-likeness (QED) is 0.517.